The van der Waals surface area contributed by atoms with Gasteiger partial charge in [-0.15, -0.1) is 0 Å². The van der Waals surface area contributed by atoms with E-state index in [0.717, 1.165) is 16.5 Å². The van der Waals surface area contributed by atoms with Crippen molar-refractivity contribution in [1.29, 1.82) is 0 Å². The first kappa shape index (κ1) is 14.7. The van der Waals surface area contributed by atoms with E-state index in [-0.39, 0.29) is 5.91 Å². The molecule has 116 valence electrons. The van der Waals surface area contributed by atoms with Crippen molar-refractivity contribution < 1.29 is 19.0 Å². The maximum atomic E-state index is 12.7. The molecule has 1 amide bonds. The predicted octanol–water partition coefficient (Wildman–Crippen LogP) is 2.33. The number of amides is 1. The molecule has 0 bridgehead atoms. The minimum Gasteiger partial charge on any atom is -0.496 e. The summed E-state index contributed by atoms with van der Waals surface area (Å²) in [7, 11) is 3.21. The molecular formula is C17H19NO4. The van der Waals surface area contributed by atoms with Crippen LogP contribution in [0.25, 0.3) is 10.8 Å². The molecule has 0 N–H and O–H groups in total. The average molecular weight is 301 g/mol. The fourth-order valence-electron chi connectivity index (χ4n) is 2.73. The number of ether oxygens (including phenoxy) is 3. The number of nitrogens with zero attached hydrogens (tertiary/aromatic N) is 1. The second-order valence-corrected chi connectivity index (χ2v) is 5.14. The Labute approximate surface area is 129 Å². The third-order valence-electron chi connectivity index (χ3n) is 3.91. The Morgan fingerprint density at radius 3 is 2.50 bits per heavy atom. The lowest BCUT2D eigenvalue weighted by Crippen LogP contribution is -2.40. The highest BCUT2D eigenvalue weighted by Crippen LogP contribution is 2.32. The Balaban J connectivity index is 2.06. The number of benzene rings is 2. The molecule has 0 aliphatic carbocycles. The van der Waals surface area contributed by atoms with Gasteiger partial charge in [0.15, 0.2) is 0 Å². The van der Waals surface area contributed by atoms with E-state index in [2.05, 4.69) is 0 Å². The molecule has 0 radical (unpaired) electrons. The lowest BCUT2D eigenvalue weighted by Gasteiger charge is -2.27. The van der Waals surface area contributed by atoms with Crippen LogP contribution >= 0.6 is 0 Å². The van der Waals surface area contributed by atoms with Gasteiger partial charge in [0.25, 0.3) is 5.91 Å². The smallest absolute Gasteiger partial charge is 0.257 e. The van der Waals surface area contributed by atoms with E-state index in [9.17, 15) is 4.79 Å². The minimum absolute atomic E-state index is 0.0233. The summed E-state index contributed by atoms with van der Waals surface area (Å²) >= 11 is 0. The third-order valence-corrected chi connectivity index (χ3v) is 3.91. The molecule has 0 aromatic heterocycles. The molecule has 0 spiro atoms. The Bertz CT molecular complexity index is 692. The van der Waals surface area contributed by atoms with Crippen LogP contribution in [-0.4, -0.2) is 51.3 Å². The molecule has 5 nitrogen and oxygen atoms in total. The number of morpholine rings is 1. The summed E-state index contributed by atoms with van der Waals surface area (Å²) in [4.78, 5) is 14.5. The minimum atomic E-state index is -0.0233. The molecule has 2 aromatic rings. The summed E-state index contributed by atoms with van der Waals surface area (Å²) in [6.45, 7) is 2.38. The van der Waals surface area contributed by atoms with Gasteiger partial charge in [0, 0.05) is 18.5 Å². The topological polar surface area (TPSA) is 48.0 Å². The fourth-order valence-corrected chi connectivity index (χ4v) is 2.73. The van der Waals surface area contributed by atoms with Crippen molar-refractivity contribution in [2.75, 3.05) is 40.5 Å². The fraction of sp³-hybridized carbons (Fsp3) is 0.353. The molecule has 1 saturated heterocycles. The number of hydrogen-bond acceptors (Lipinski definition) is 4. The maximum absolute atomic E-state index is 12.7. The van der Waals surface area contributed by atoms with Crippen molar-refractivity contribution in [3.63, 3.8) is 0 Å². The molecular weight excluding hydrogens is 282 g/mol. The van der Waals surface area contributed by atoms with Crippen LogP contribution in [0.2, 0.25) is 0 Å². The van der Waals surface area contributed by atoms with Crippen molar-refractivity contribution in [1.82, 2.24) is 4.90 Å². The maximum Gasteiger partial charge on any atom is 0.257 e. The SMILES string of the molecule is COc1cc2c(OC)cccc2cc1C(=O)N1CCOCC1. The van der Waals surface area contributed by atoms with Gasteiger partial charge >= 0.3 is 0 Å². The van der Waals surface area contributed by atoms with Gasteiger partial charge in [-0.3, -0.25) is 4.79 Å². The molecule has 1 aliphatic rings. The van der Waals surface area contributed by atoms with Crippen LogP contribution in [0.1, 0.15) is 10.4 Å². The predicted molar refractivity (Wildman–Crippen MR) is 83.8 cm³/mol. The van der Waals surface area contributed by atoms with Gasteiger partial charge < -0.3 is 19.1 Å². The zero-order chi connectivity index (χ0) is 15.5. The second-order valence-electron chi connectivity index (χ2n) is 5.14. The molecule has 1 fully saturated rings. The molecule has 0 unspecified atom stereocenters. The van der Waals surface area contributed by atoms with Crippen LogP contribution in [0, 0.1) is 0 Å². The zero-order valence-electron chi connectivity index (χ0n) is 12.8. The van der Waals surface area contributed by atoms with E-state index >= 15 is 0 Å². The molecule has 0 atom stereocenters. The van der Waals surface area contributed by atoms with Gasteiger partial charge in [0.1, 0.15) is 11.5 Å². The Morgan fingerprint density at radius 2 is 1.82 bits per heavy atom. The standard InChI is InChI=1S/C17H19NO4/c1-20-15-5-3-4-12-10-14(16(21-2)11-13(12)15)17(19)18-6-8-22-9-7-18/h3-5,10-11H,6-9H2,1-2H3. The van der Waals surface area contributed by atoms with Crippen molar-refractivity contribution in [2.45, 2.75) is 0 Å². The summed E-state index contributed by atoms with van der Waals surface area (Å²) in [5.74, 6) is 1.31. The lowest BCUT2D eigenvalue weighted by molar-refractivity contribution is 0.0301. The van der Waals surface area contributed by atoms with Gasteiger partial charge in [0.2, 0.25) is 0 Å². The van der Waals surface area contributed by atoms with E-state index in [1.54, 1.807) is 19.1 Å². The highest BCUT2D eigenvalue weighted by atomic mass is 16.5. The quantitative estimate of drug-likeness (QED) is 0.873. The van der Waals surface area contributed by atoms with Crippen molar-refractivity contribution in [3.8, 4) is 11.5 Å². The highest BCUT2D eigenvalue weighted by Gasteiger charge is 2.22. The van der Waals surface area contributed by atoms with E-state index < -0.39 is 0 Å². The molecule has 22 heavy (non-hydrogen) atoms. The summed E-state index contributed by atoms with van der Waals surface area (Å²) < 4.78 is 16.1. The summed E-state index contributed by atoms with van der Waals surface area (Å²) in [5.41, 5.74) is 0.574. The molecule has 1 heterocycles. The number of hydrogen-bond donors (Lipinski definition) is 0. The second kappa shape index (κ2) is 6.23. The first-order chi connectivity index (χ1) is 10.7. The normalized spacial score (nSPS) is 14.9. The van der Waals surface area contributed by atoms with Crippen LogP contribution in [0.5, 0.6) is 11.5 Å². The summed E-state index contributed by atoms with van der Waals surface area (Å²) in [5, 5.41) is 1.89. The third kappa shape index (κ3) is 2.60. The number of fused-ring (bicyclic) bond motifs is 1. The first-order valence-corrected chi connectivity index (χ1v) is 7.26. The molecule has 2 aromatic carbocycles. The van der Waals surface area contributed by atoms with Crippen LogP contribution in [-0.2, 0) is 4.74 Å². The highest BCUT2D eigenvalue weighted by molar-refractivity contribution is 6.02. The summed E-state index contributed by atoms with van der Waals surface area (Å²) in [6.07, 6.45) is 0. The molecule has 1 aliphatic heterocycles. The Hall–Kier alpha value is -2.27. The van der Waals surface area contributed by atoms with E-state index in [0.29, 0.717) is 37.6 Å². The van der Waals surface area contributed by atoms with Gasteiger partial charge in [-0.2, -0.15) is 0 Å². The van der Waals surface area contributed by atoms with Crippen LogP contribution in [0.4, 0.5) is 0 Å². The zero-order valence-corrected chi connectivity index (χ0v) is 12.8. The van der Waals surface area contributed by atoms with Crippen LogP contribution in [0.3, 0.4) is 0 Å². The number of rotatable bonds is 3. The molecule has 3 rings (SSSR count). The Kier molecular flexibility index (Phi) is 4.15. The summed E-state index contributed by atoms with van der Waals surface area (Å²) in [6, 6.07) is 9.51. The van der Waals surface area contributed by atoms with Crippen molar-refractivity contribution in [2.24, 2.45) is 0 Å². The van der Waals surface area contributed by atoms with Gasteiger partial charge in [-0.05, 0) is 23.6 Å². The van der Waals surface area contributed by atoms with Crippen LogP contribution < -0.4 is 9.47 Å². The molecule has 0 saturated carbocycles. The van der Waals surface area contributed by atoms with Crippen LogP contribution in [0.15, 0.2) is 30.3 Å². The first-order valence-electron chi connectivity index (χ1n) is 7.26. The van der Waals surface area contributed by atoms with Gasteiger partial charge in [0.05, 0.1) is 33.0 Å². The van der Waals surface area contributed by atoms with Gasteiger partial charge in [-0.25, -0.2) is 0 Å². The van der Waals surface area contributed by atoms with E-state index in [1.165, 1.54) is 0 Å². The van der Waals surface area contributed by atoms with E-state index in [1.807, 2.05) is 30.3 Å². The Morgan fingerprint density at radius 1 is 1.09 bits per heavy atom. The largest absolute Gasteiger partial charge is 0.496 e. The van der Waals surface area contributed by atoms with Crippen molar-refractivity contribution in [3.05, 3.63) is 35.9 Å². The van der Waals surface area contributed by atoms with Crippen molar-refractivity contribution >= 4 is 16.7 Å². The number of methoxy groups -OCH3 is 2. The van der Waals surface area contributed by atoms with Gasteiger partial charge in [-0.1, -0.05) is 12.1 Å². The monoisotopic (exact) mass is 301 g/mol. The molecule has 5 heteroatoms. The number of carbonyl (C=O) groups excluding carboxylic acids is 1. The average Bonchev–Trinajstić information content (AvgIpc) is 2.60. The lowest BCUT2D eigenvalue weighted by atomic mass is 10.0. The van der Waals surface area contributed by atoms with E-state index in [4.69, 9.17) is 14.2 Å². The number of carbonyl (C=O) groups is 1.